The van der Waals surface area contributed by atoms with Crippen molar-refractivity contribution in [3.8, 4) is 11.5 Å². The van der Waals surface area contributed by atoms with E-state index in [1.807, 2.05) is 13.0 Å². The van der Waals surface area contributed by atoms with Crippen molar-refractivity contribution < 1.29 is 9.84 Å². The van der Waals surface area contributed by atoms with E-state index in [1.54, 1.807) is 7.11 Å². The normalized spacial score (nSPS) is 18.4. The zero-order valence-electron chi connectivity index (χ0n) is 10.2. The van der Waals surface area contributed by atoms with E-state index in [0.717, 1.165) is 41.3 Å². The summed E-state index contributed by atoms with van der Waals surface area (Å²) in [4.78, 5) is 0. The van der Waals surface area contributed by atoms with E-state index < -0.39 is 5.54 Å². The number of rotatable bonds is 2. The predicted octanol–water partition coefficient (Wildman–Crippen LogP) is 3.20. The number of methoxy groups -OCH3 is 1. The molecule has 1 aliphatic carbocycles. The Morgan fingerprint density at radius 3 is 2.53 bits per heavy atom. The molecule has 0 bridgehead atoms. The molecule has 0 spiro atoms. The maximum atomic E-state index is 10.3. The molecule has 0 aliphatic heterocycles. The van der Waals surface area contributed by atoms with Crippen LogP contribution in [0.15, 0.2) is 10.5 Å². The van der Waals surface area contributed by atoms with Crippen LogP contribution in [0.1, 0.15) is 36.8 Å². The third-order valence-corrected chi connectivity index (χ3v) is 4.19. The van der Waals surface area contributed by atoms with Crippen LogP contribution in [-0.2, 0) is 5.54 Å². The second-order valence-electron chi connectivity index (χ2n) is 4.80. The monoisotopic (exact) mass is 299 g/mol. The molecular weight excluding hydrogens is 282 g/mol. The Hall–Kier alpha value is -0.740. The van der Waals surface area contributed by atoms with Crippen molar-refractivity contribution in [1.82, 2.24) is 0 Å². The topological polar surface area (TPSA) is 55.5 Å². The molecule has 4 heteroatoms. The van der Waals surface area contributed by atoms with E-state index in [-0.39, 0.29) is 5.75 Å². The third-order valence-electron chi connectivity index (χ3n) is 3.60. The number of hydrogen-bond donors (Lipinski definition) is 2. The number of phenols is 1. The summed E-state index contributed by atoms with van der Waals surface area (Å²) in [7, 11) is 1.55. The number of hydrogen-bond acceptors (Lipinski definition) is 3. The largest absolute Gasteiger partial charge is 0.504 e. The number of ether oxygens (including phenoxy) is 1. The summed E-state index contributed by atoms with van der Waals surface area (Å²) in [5, 5.41) is 10.3. The molecule has 1 aromatic rings. The molecule has 1 aromatic carbocycles. The number of aromatic hydroxyl groups is 1. The first-order valence-electron chi connectivity index (χ1n) is 5.85. The van der Waals surface area contributed by atoms with Gasteiger partial charge in [0.1, 0.15) is 0 Å². The molecule has 1 aliphatic rings. The number of nitrogens with two attached hydrogens (primary N) is 1. The molecule has 0 amide bonds. The summed E-state index contributed by atoms with van der Waals surface area (Å²) in [6.45, 7) is 1.98. The standard InChI is InChI=1S/C13H18BrNO2/c1-8-7-9(14)12(17-2)11(16)10(8)13(15)5-3-4-6-13/h7,16H,3-6,15H2,1-2H3. The molecule has 1 saturated carbocycles. The molecule has 94 valence electrons. The molecule has 0 aromatic heterocycles. The van der Waals surface area contributed by atoms with Crippen molar-refractivity contribution in [2.75, 3.05) is 7.11 Å². The van der Waals surface area contributed by atoms with Gasteiger partial charge in [0.2, 0.25) is 0 Å². The highest BCUT2D eigenvalue weighted by atomic mass is 79.9. The molecule has 0 radical (unpaired) electrons. The average Bonchev–Trinajstić information content (AvgIpc) is 2.65. The minimum atomic E-state index is -0.401. The average molecular weight is 300 g/mol. The molecule has 1 fully saturated rings. The van der Waals surface area contributed by atoms with Gasteiger partial charge in [0.25, 0.3) is 0 Å². The van der Waals surface area contributed by atoms with Gasteiger partial charge >= 0.3 is 0 Å². The minimum Gasteiger partial charge on any atom is -0.504 e. The van der Waals surface area contributed by atoms with Gasteiger partial charge in [0.15, 0.2) is 11.5 Å². The lowest BCUT2D eigenvalue weighted by Gasteiger charge is -2.28. The Morgan fingerprint density at radius 1 is 1.41 bits per heavy atom. The fourth-order valence-electron chi connectivity index (χ4n) is 2.82. The van der Waals surface area contributed by atoms with E-state index in [9.17, 15) is 5.11 Å². The van der Waals surface area contributed by atoms with Crippen LogP contribution in [0.5, 0.6) is 11.5 Å². The van der Waals surface area contributed by atoms with Crippen LogP contribution in [0.4, 0.5) is 0 Å². The summed E-state index contributed by atoms with van der Waals surface area (Å²) >= 11 is 3.39. The highest BCUT2D eigenvalue weighted by Gasteiger charge is 2.36. The molecule has 3 nitrogen and oxygen atoms in total. The first kappa shape index (κ1) is 12.7. The molecule has 2 rings (SSSR count). The number of aryl methyl sites for hydroxylation is 1. The van der Waals surface area contributed by atoms with Crippen LogP contribution in [0.25, 0.3) is 0 Å². The minimum absolute atomic E-state index is 0.184. The zero-order chi connectivity index (χ0) is 12.6. The Morgan fingerprint density at radius 2 is 2.00 bits per heavy atom. The maximum Gasteiger partial charge on any atom is 0.175 e. The molecule has 0 saturated heterocycles. The molecular formula is C13H18BrNO2. The molecule has 0 heterocycles. The first-order chi connectivity index (χ1) is 7.99. The van der Waals surface area contributed by atoms with Crippen molar-refractivity contribution >= 4 is 15.9 Å². The van der Waals surface area contributed by atoms with Crippen molar-refractivity contribution in [1.29, 1.82) is 0 Å². The SMILES string of the molecule is COc1c(Br)cc(C)c(C2(N)CCCC2)c1O. The molecule has 3 N–H and O–H groups in total. The molecule has 0 unspecified atom stereocenters. The quantitative estimate of drug-likeness (QED) is 0.882. The first-order valence-corrected chi connectivity index (χ1v) is 6.64. The number of halogens is 1. The lowest BCUT2D eigenvalue weighted by molar-refractivity contribution is 0.352. The van der Waals surface area contributed by atoms with Gasteiger partial charge in [-0.15, -0.1) is 0 Å². The summed E-state index contributed by atoms with van der Waals surface area (Å²) < 4.78 is 5.99. The second kappa shape index (κ2) is 4.50. The van der Waals surface area contributed by atoms with Gasteiger partial charge in [0, 0.05) is 11.1 Å². The van der Waals surface area contributed by atoms with Gasteiger partial charge in [-0.3, -0.25) is 0 Å². The van der Waals surface area contributed by atoms with E-state index in [2.05, 4.69) is 15.9 Å². The Labute approximate surface area is 110 Å². The van der Waals surface area contributed by atoms with Crippen LogP contribution in [0.3, 0.4) is 0 Å². The fourth-order valence-corrected chi connectivity index (χ4v) is 3.51. The summed E-state index contributed by atoms with van der Waals surface area (Å²) in [5.41, 5.74) is 7.88. The van der Waals surface area contributed by atoms with Crippen LogP contribution in [0, 0.1) is 6.92 Å². The zero-order valence-corrected chi connectivity index (χ0v) is 11.8. The highest BCUT2D eigenvalue weighted by Crippen LogP contribution is 2.47. The Kier molecular flexibility index (Phi) is 3.36. The summed E-state index contributed by atoms with van der Waals surface area (Å²) in [6.07, 6.45) is 4.08. The molecule has 17 heavy (non-hydrogen) atoms. The molecule has 0 atom stereocenters. The van der Waals surface area contributed by atoms with Gasteiger partial charge in [0.05, 0.1) is 11.6 Å². The van der Waals surface area contributed by atoms with Crippen LogP contribution >= 0.6 is 15.9 Å². The van der Waals surface area contributed by atoms with Crippen LogP contribution in [0.2, 0.25) is 0 Å². The summed E-state index contributed by atoms with van der Waals surface area (Å²) in [6, 6.07) is 1.96. The van der Waals surface area contributed by atoms with Crippen molar-refractivity contribution in [2.45, 2.75) is 38.1 Å². The summed E-state index contributed by atoms with van der Waals surface area (Å²) in [5.74, 6) is 0.658. The van der Waals surface area contributed by atoms with E-state index in [0.29, 0.717) is 5.75 Å². The Bertz CT molecular complexity index is 440. The second-order valence-corrected chi connectivity index (χ2v) is 5.65. The third kappa shape index (κ3) is 2.04. The van der Waals surface area contributed by atoms with Crippen molar-refractivity contribution in [3.05, 3.63) is 21.7 Å². The van der Waals surface area contributed by atoms with Gasteiger partial charge in [-0.1, -0.05) is 12.8 Å². The number of phenolic OH excluding ortho intramolecular Hbond substituents is 1. The van der Waals surface area contributed by atoms with Gasteiger partial charge in [-0.05, 0) is 47.3 Å². The van der Waals surface area contributed by atoms with Gasteiger partial charge < -0.3 is 15.6 Å². The van der Waals surface area contributed by atoms with E-state index in [4.69, 9.17) is 10.5 Å². The van der Waals surface area contributed by atoms with Crippen molar-refractivity contribution in [2.24, 2.45) is 5.73 Å². The lowest BCUT2D eigenvalue weighted by Crippen LogP contribution is -2.34. The van der Waals surface area contributed by atoms with Gasteiger partial charge in [-0.25, -0.2) is 0 Å². The van der Waals surface area contributed by atoms with Crippen molar-refractivity contribution in [3.63, 3.8) is 0 Å². The van der Waals surface area contributed by atoms with Gasteiger partial charge in [-0.2, -0.15) is 0 Å². The van der Waals surface area contributed by atoms with Crippen LogP contribution in [-0.4, -0.2) is 12.2 Å². The number of benzene rings is 1. The fraction of sp³-hybridized carbons (Fsp3) is 0.538. The highest BCUT2D eigenvalue weighted by molar-refractivity contribution is 9.10. The van der Waals surface area contributed by atoms with E-state index >= 15 is 0 Å². The Balaban J connectivity index is 2.60. The lowest BCUT2D eigenvalue weighted by atomic mass is 9.85. The van der Waals surface area contributed by atoms with Crippen LogP contribution < -0.4 is 10.5 Å². The smallest absolute Gasteiger partial charge is 0.175 e. The maximum absolute atomic E-state index is 10.3. The van der Waals surface area contributed by atoms with E-state index in [1.165, 1.54) is 0 Å². The predicted molar refractivity (Wildman–Crippen MR) is 71.4 cm³/mol.